The van der Waals surface area contributed by atoms with Gasteiger partial charge in [0, 0.05) is 25.8 Å². The van der Waals surface area contributed by atoms with Crippen molar-refractivity contribution in [1.29, 1.82) is 0 Å². The van der Waals surface area contributed by atoms with E-state index in [0.717, 1.165) is 38.5 Å². The highest BCUT2D eigenvalue weighted by Crippen LogP contribution is 2.14. The van der Waals surface area contributed by atoms with Crippen molar-refractivity contribution in [3.63, 3.8) is 0 Å². The van der Waals surface area contributed by atoms with Crippen LogP contribution in [0.3, 0.4) is 0 Å². The maximum absolute atomic E-state index is 11.6. The summed E-state index contributed by atoms with van der Waals surface area (Å²) in [5.41, 5.74) is 0. The van der Waals surface area contributed by atoms with Crippen LogP contribution in [0, 0.1) is 0 Å². The van der Waals surface area contributed by atoms with Crippen LogP contribution in [0.4, 0.5) is 0 Å². The smallest absolute Gasteiger partial charge is 0.333 e. The molecule has 0 atom stereocenters. The van der Waals surface area contributed by atoms with Gasteiger partial charge in [-0.3, -0.25) is 14.4 Å². The normalized spacial score (nSPS) is 13.8. The average molecular weight is 366 g/mol. The number of hydrogen-bond acceptors (Lipinski definition) is 5. The van der Waals surface area contributed by atoms with Crippen molar-refractivity contribution in [2.45, 2.75) is 77.0 Å². The summed E-state index contributed by atoms with van der Waals surface area (Å²) in [7, 11) is 0. The molecule has 0 saturated carbocycles. The molecule has 0 aromatic heterocycles. The van der Waals surface area contributed by atoms with Crippen molar-refractivity contribution >= 4 is 23.7 Å². The number of hydroxylamine groups is 2. The number of nitrogens with zero attached hydrogens (tertiary/aromatic N) is 1. The van der Waals surface area contributed by atoms with Gasteiger partial charge in [0.2, 0.25) is 5.91 Å². The van der Waals surface area contributed by atoms with Gasteiger partial charge in [0.15, 0.2) is 0 Å². The third kappa shape index (κ3) is 9.34. The highest BCUT2D eigenvalue weighted by molar-refractivity contribution is 6.01. The molecular formula is C19H30N2O5. The highest BCUT2D eigenvalue weighted by atomic mass is 16.7. The van der Waals surface area contributed by atoms with Gasteiger partial charge in [-0.25, -0.2) is 4.79 Å². The predicted octanol–water partition coefficient (Wildman–Crippen LogP) is 2.80. The van der Waals surface area contributed by atoms with Crippen molar-refractivity contribution in [2.75, 3.05) is 6.54 Å². The molecule has 1 N–H and O–H groups in total. The Morgan fingerprint density at radius 3 is 1.96 bits per heavy atom. The molecule has 1 aliphatic heterocycles. The lowest BCUT2D eigenvalue weighted by atomic mass is 10.1. The molecule has 0 bridgehead atoms. The second kappa shape index (κ2) is 13.1. The Labute approximate surface area is 155 Å². The van der Waals surface area contributed by atoms with Crippen LogP contribution in [-0.4, -0.2) is 35.3 Å². The van der Waals surface area contributed by atoms with Gasteiger partial charge in [0.1, 0.15) is 0 Å². The summed E-state index contributed by atoms with van der Waals surface area (Å²) < 4.78 is 0. The largest absolute Gasteiger partial charge is 0.353 e. The van der Waals surface area contributed by atoms with Crippen LogP contribution in [0.5, 0.6) is 0 Å². The third-order valence-electron chi connectivity index (χ3n) is 4.24. The van der Waals surface area contributed by atoms with E-state index in [9.17, 15) is 19.2 Å². The van der Waals surface area contributed by atoms with E-state index in [0.29, 0.717) is 18.0 Å². The number of rotatable bonds is 14. The van der Waals surface area contributed by atoms with E-state index in [4.69, 9.17) is 4.84 Å². The van der Waals surface area contributed by atoms with Crippen LogP contribution in [-0.2, 0) is 24.0 Å². The lowest BCUT2D eigenvalue weighted by Gasteiger charge is -2.12. The Morgan fingerprint density at radius 2 is 1.42 bits per heavy atom. The van der Waals surface area contributed by atoms with E-state index >= 15 is 0 Å². The fraction of sp³-hybridized carbons (Fsp3) is 0.684. The molecule has 3 amide bonds. The first kappa shape index (κ1) is 21.9. The summed E-state index contributed by atoms with van der Waals surface area (Å²) in [4.78, 5) is 50.0. The van der Waals surface area contributed by atoms with Gasteiger partial charge in [-0.2, -0.15) is 0 Å². The number of unbranched alkanes of at least 4 members (excludes halogenated alkanes) is 8. The van der Waals surface area contributed by atoms with Crippen molar-refractivity contribution in [1.82, 2.24) is 10.4 Å². The zero-order valence-electron chi connectivity index (χ0n) is 15.5. The fourth-order valence-electron chi connectivity index (χ4n) is 2.72. The summed E-state index contributed by atoms with van der Waals surface area (Å²) in [5, 5.41) is 3.36. The molecule has 1 heterocycles. The molecule has 146 valence electrons. The number of amides is 3. The molecule has 7 heteroatoms. The van der Waals surface area contributed by atoms with Gasteiger partial charge < -0.3 is 10.2 Å². The first-order chi connectivity index (χ1) is 12.5. The van der Waals surface area contributed by atoms with E-state index in [2.05, 4.69) is 11.9 Å². The molecule has 1 aliphatic rings. The van der Waals surface area contributed by atoms with E-state index in [1.165, 1.54) is 18.9 Å². The van der Waals surface area contributed by atoms with E-state index in [1.807, 2.05) is 0 Å². The summed E-state index contributed by atoms with van der Waals surface area (Å²) in [6, 6.07) is 0. The Kier molecular flexibility index (Phi) is 11.0. The SMILES string of the molecule is C=CC(=O)NCCCCCCCCCCCC(=O)ON1C(=O)CCC1=O. The molecule has 1 rings (SSSR count). The maximum Gasteiger partial charge on any atom is 0.333 e. The summed E-state index contributed by atoms with van der Waals surface area (Å²) in [6.45, 7) is 4.11. The predicted molar refractivity (Wildman–Crippen MR) is 96.6 cm³/mol. The Hall–Kier alpha value is -2.18. The van der Waals surface area contributed by atoms with Crippen LogP contribution >= 0.6 is 0 Å². The third-order valence-corrected chi connectivity index (χ3v) is 4.24. The van der Waals surface area contributed by atoms with Gasteiger partial charge in [-0.1, -0.05) is 51.5 Å². The van der Waals surface area contributed by atoms with Crippen LogP contribution in [0.1, 0.15) is 77.0 Å². The minimum absolute atomic E-state index is 0.118. The molecule has 1 fully saturated rings. The molecule has 0 aromatic rings. The quantitative estimate of drug-likeness (QED) is 0.290. The molecule has 0 unspecified atom stereocenters. The minimum atomic E-state index is -0.517. The molecule has 0 aliphatic carbocycles. The molecule has 0 radical (unpaired) electrons. The lowest BCUT2D eigenvalue weighted by molar-refractivity contribution is -0.197. The van der Waals surface area contributed by atoms with E-state index in [-0.39, 0.29) is 25.2 Å². The molecular weight excluding hydrogens is 336 g/mol. The van der Waals surface area contributed by atoms with Crippen molar-refractivity contribution in [2.24, 2.45) is 0 Å². The van der Waals surface area contributed by atoms with Crippen molar-refractivity contribution < 1.29 is 24.0 Å². The molecule has 7 nitrogen and oxygen atoms in total. The number of nitrogens with one attached hydrogen (secondary N) is 1. The minimum Gasteiger partial charge on any atom is -0.353 e. The molecule has 0 aromatic carbocycles. The Bertz CT molecular complexity index is 488. The average Bonchev–Trinajstić information content (AvgIpc) is 2.94. The lowest BCUT2D eigenvalue weighted by Crippen LogP contribution is -2.31. The van der Waals surface area contributed by atoms with Gasteiger partial charge >= 0.3 is 5.97 Å². The summed E-state index contributed by atoms with van der Waals surface area (Å²) >= 11 is 0. The first-order valence-corrected chi connectivity index (χ1v) is 9.51. The highest BCUT2D eigenvalue weighted by Gasteiger charge is 2.32. The van der Waals surface area contributed by atoms with Crippen molar-refractivity contribution in [3.05, 3.63) is 12.7 Å². The maximum atomic E-state index is 11.6. The van der Waals surface area contributed by atoms with Gasteiger partial charge in [0.25, 0.3) is 11.8 Å². The first-order valence-electron chi connectivity index (χ1n) is 9.51. The zero-order valence-corrected chi connectivity index (χ0v) is 15.5. The number of carbonyl (C=O) groups is 4. The topological polar surface area (TPSA) is 92.8 Å². The summed E-state index contributed by atoms with van der Waals surface area (Å²) in [5.74, 6) is -1.51. The monoisotopic (exact) mass is 366 g/mol. The van der Waals surface area contributed by atoms with Crippen LogP contribution in [0.2, 0.25) is 0 Å². The van der Waals surface area contributed by atoms with Crippen molar-refractivity contribution in [3.8, 4) is 0 Å². The van der Waals surface area contributed by atoms with Crippen LogP contribution in [0.15, 0.2) is 12.7 Å². The molecule has 26 heavy (non-hydrogen) atoms. The van der Waals surface area contributed by atoms with E-state index in [1.54, 1.807) is 0 Å². The molecule has 0 spiro atoms. The number of imide groups is 1. The van der Waals surface area contributed by atoms with E-state index < -0.39 is 17.8 Å². The number of hydrogen-bond donors (Lipinski definition) is 1. The standard InChI is InChI=1S/C19H30N2O5/c1-2-16(22)20-15-11-9-7-5-3-4-6-8-10-12-19(25)26-21-17(23)13-14-18(21)24/h2H,1,3-15H2,(H,20,22). The fourth-order valence-corrected chi connectivity index (χ4v) is 2.72. The Balaban J connectivity index is 1.86. The van der Waals surface area contributed by atoms with Gasteiger partial charge in [0.05, 0.1) is 0 Å². The van der Waals surface area contributed by atoms with Crippen LogP contribution < -0.4 is 5.32 Å². The number of carbonyl (C=O) groups excluding carboxylic acids is 4. The second-order valence-corrected chi connectivity index (χ2v) is 6.47. The Morgan fingerprint density at radius 1 is 0.923 bits per heavy atom. The van der Waals surface area contributed by atoms with Gasteiger partial charge in [-0.05, 0) is 18.9 Å². The van der Waals surface area contributed by atoms with Crippen LogP contribution in [0.25, 0.3) is 0 Å². The molecule has 1 saturated heterocycles. The van der Waals surface area contributed by atoms with Gasteiger partial charge in [-0.15, -0.1) is 5.06 Å². The second-order valence-electron chi connectivity index (χ2n) is 6.47. The zero-order chi connectivity index (χ0) is 19.2. The summed E-state index contributed by atoms with van der Waals surface area (Å²) in [6.07, 6.45) is 11.2.